The van der Waals surface area contributed by atoms with Crippen molar-refractivity contribution in [3.8, 4) is 11.8 Å². The molecule has 0 radical (unpaired) electrons. The molecule has 0 unspecified atom stereocenters. The van der Waals surface area contributed by atoms with E-state index in [4.69, 9.17) is 21.6 Å². The summed E-state index contributed by atoms with van der Waals surface area (Å²) in [6.45, 7) is -0.473. The number of nitrogens with zero attached hydrogens (tertiary/aromatic N) is 1. The van der Waals surface area contributed by atoms with Crippen LogP contribution in [0, 0.1) is 11.3 Å². The highest BCUT2D eigenvalue weighted by molar-refractivity contribution is 6.32. The number of alkyl halides is 3. The largest absolute Gasteiger partial charge is 0.484 e. The van der Waals surface area contributed by atoms with E-state index in [2.05, 4.69) is 5.32 Å². The van der Waals surface area contributed by atoms with Crippen LogP contribution < -0.4 is 10.1 Å². The number of anilines is 1. The van der Waals surface area contributed by atoms with Crippen molar-refractivity contribution in [2.75, 3.05) is 11.9 Å². The first-order chi connectivity index (χ1) is 11.3. The van der Waals surface area contributed by atoms with Crippen LogP contribution in [0.4, 0.5) is 18.9 Å². The first kappa shape index (κ1) is 17.6. The molecule has 124 valence electrons. The zero-order valence-corrected chi connectivity index (χ0v) is 12.8. The molecular weight excluding hydrogens is 345 g/mol. The first-order valence-electron chi connectivity index (χ1n) is 6.59. The summed E-state index contributed by atoms with van der Waals surface area (Å²) in [5.41, 5.74) is -0.259. The van der Waals surface area contributed by atoms with Gasteiger partial charge in [0.2, 0.25) is 0 Å². The van der Waals surface area contributed by atoms with Crippen molar-refractivity contribution >= 4 is 23.2 Å². The van der Waals surface area contributed by atoms with E-state index >= 15 is 0 Å². The second-order valence-electron chi connectivity index (χ2n) is 4.67. The summed E-state index contributed by atoms with van der Waals surface area (Å²) in [5, 5.41) is 11.4. The van der Waals surface area contributed by atoms with Crippen LogP contribution >= 0.6 is 11.6 Å². The fraction of sp³-hybridized carbons (Fsp3) is 0.125. The molecule has 0 aliphatic rings. The smallest absolute Gasteiger partial charge is 0.416 e. The van der Waals surface area contributed by atoms with E-state index < -0.39 is 24.3 Å². The lowest BCUT2D eigenvalue weighted by molar-refractivity contribution is -0.137. The van der Waals surface area contributed by atoms with E-state index in [1.807, 2.05) is 6.07 Å². The monoisotopic (exact) mass is 354 g/mol. The Hall–Kier alpha value is -2.72. The Balaban J connectivity index is 1.97. The average Bonchev–Trinajstić information content (AvgIpc) is 2.53. The van der Waals surface area contributed by atoms with Crippen LogP contribution in [0.2, 0.25) is 5.02 Å². The van der Waals surface area contributed by atoms with E-state index in [1.54, 1.807) is 0 Å². The van der Waals surface area contributed by atoms with Gasteiger partial charge in [0.15, 0.2) is 6.61 Å². The highest BCUT2D eigenvalue weighted by Crippen LogP contribution is 2.31. The normalized spacial score (nSPS) is 10.8. The molecule has 0 saturated heterocycles. The van der Waals surface area contributed by atoms with Crippen LogP contribution in [0.5, 0.6) is 5.75 Å². The quantitative estimate of drug-likeness (QED) is 0.892. The van der Waals surface area contributed by atoms with Crippen molar-refractivity contribution in [3.05, 3.63) is 58.6 Å². The Morgan fingerprint density at radius 3 is 2.62 bits per heavy atom. The summed E-state index contributed by atoms with van der Waals surface area (Å²) < 4.78 is 42.8. The number of hydrogen-bond donors (Lipinski definition) is 1. The van der Waals surface area contributed by atoms with Gasteiger partial charge in [-0.05, 0) is 36.4 Å². The Labute approximate surface area is 140 Å². The molecule has 4 nitrogen and oxygen atoms in total. The van der Waals surface area contributed by atoms with Gasteiger partial charge in [0, 0.05) is 5.69 Å². The van der Waals surface area contributed by atoms with Gasteiger partial charge in [0.05, 0.1) is 16.1 Å². The number of halogens is 4. The Kier molecular flexibility index (Phi) is 5.31. The van der Waals surface area contributed by atoms with E-state index in [1.165, 1.54) is 30.3 Å². The molecule has 0 fully saturated rings. The van der Waals surface area contributed by atoms with Crippen LogP contribution in [-0.4, -0.2) is 12.5 Å². The van der Waals surface area contributed by atoms with Crippen molar-refractivity contribution in [1.29, 1.82) is 5.26 Å². The second-order valence-corrected chi connectivity index (χ2v) is 5.08. The Morgan fingerprint density at radius 2 is 2.00 bits per heavy atom. The molecule has 0 atom stereocenters. The van der Waals surface area contributed by atoms with Crippen LogP contribution in [-0.2, 0) is 11.0 Å². The molecule has 8 heteroatoms. The van der Waals surface area contributed by atoms with Crippen LogP contribution in [0.1, 0.15) is 11.1 Å². The molecule has 0 saturated carbocycles. The average molecular weight is 355 g/mol. The number of carbonyl (C=O) groups is 1. The molecule has 0 spiro atoms. The third-order valence-electron chi connectivity index (χ3n) is 2.90. The molecule has 0 aliphatic heterocycles. The summed E-state index contributed by atoms with van der Waals surface area (Å²) in [7, 11) is 0. The standard InChI is InChI=1S/C16H10ClF3N2O2/c17-14-7-12(5-4-10(14)8-21)22-15(23)9-24-13-3-1-2-11(6-13)16(18,19)20/h1-7H,9H2,(H,22,23). The lowest BCUT2D eigenvalue weighted by atomic mass is 10.2. The summed E-state index contributed by atoms with van der Waals surface area (Å²) in [4.78, 5) is 11.8. The van der Waals surface area contributed by atoms with Crippen molar-refractivity contribution in [1.82, 2.24) is 0 Å². The number of carbonyl (C=O) groups excluding carboxylic acids is 1. The van der Waals surface area contributed by atoms with Gasteiger partial charge in [-0.1, -0.05) is 17.7 Å². The number of rotatable bonds is 4. The van der Waals surface area contributed by atoms with Gasteiger partial charge in [0.1, 0.15) is 11.8 Å². The number of nitriles is 1. The van der Waals surface area contributed by atoms with Crippen molar-refractivity contribution in [2.45, 2.75) is 6.18 Å². The number of hydrogen-bond acceptors (Lipinski definition) is 3. The Bertz CT molecular complexity index is 801. The van der Waals surface area contributed by atoms with E-state index in [0.717, 1.165) is 12.1 Å². The summed E-state index contributed by atoms with van der Waals surface area (Å²) in [6, 6.07) is 10.4. The van der Waals surface area contributed by atoms with E-state index in [9.17, 15) is 18.0 Å². The van der Waals surface area contributed by atoms with Crippen molar-refractivity contribution < 1.29 is 22.7 Å². The Morgan fingerprint density at radius 1 is 1.25 bits per heavy atom. The predicted octanol–water partition coefficient (Wildman–Crippen LogP) is 4.25. The maximum Gasteiger partial charge on any atom is 0.416 e. The van der Waals surface area contributed by atoms with Gasteiger partial charge >= 0.3 is 6.18 Å². The molecule has 2 rings (SSSR count). The maximum atomic E-state index is 12.6. The van der Waals surface area contributed by atoms with E-state index in [0.29, 0.717) is 5.69 Å². The SMILES string of the molecule is N#Cc1ccc(NC(=O)COc2cccc(C(F)(F)F)c2)cc1Cl. The topological polar surface area (TPSA) is 62.1 Å². The van der Waals surface area contributed by atoms with Crippen LogP contribution in [0.15, 0.2) is 42.5 Å². The second kappa shape index (κ2) is 7.23. The molecule has 2 aromatic rings. The minimum Gasteiger partial charge on any atom is -0.484 e. The molecular formula is C16H10ClF3N2O2. The predicted molar refractivity (Wildman–Crippen MR) is 81.7 cm³/mol. The number of benzene rings is 2. The minimum atomic E-state index is -4.49. The van der Waals surface area contributed by atoms with Gasteiger partial charge in [-0.3, -0.25) is 4.79 Å². The summed E-state index contributed by atoms with van der Waals surface area (Å²) >= 11 is 5.83. The molecule has 0 aromatic heterocycles. The highest BCUT2D eigenvalue weighted by Gasteiger charge is 2.30. The van der Waals surface area contributed by atoms with Gasteiger partial charge in [-0.2, -0.15) is 18.4 Å². The zero-order valence-electron chi connectivity index (χ0n) is 12.0. The number of ether oxygens (including phenoxy) is 1. The van der Waals surface area contributed by atoms with Gasteiger partial charge < -0.3 is 10.1 Å². The molecule has 2 aromatic carbocycles. The lowest BCUT2D eigenvalue weighted by Crippen LogP contribution is -2.20. The minimum absolute atomic E-state index is 0.0714. The molecule has 0 heterocycles. The third-order valence-corrected chi connectivity index (χ3v) is 3.22. The van der Waals surface area contributed by atoms with Crippen molar-refractivity contribution in [2.24, 2.45) is 0 Å². The van der Waals surface area contributed by atoms with Crippen LogP contribution in [0.3, 0.4) is 0 Å². The van der Waals surface area contributed by atoms with Crippen molar-refractivity contribution in [3.63, 3.8) is 0 Å². The molecule has 24 heavy (non-hydrogen) atoms. The first-order valence-corrected chi connectivity index (χ1v) is 6.97. The fourth-order valence-corrected chi connectivity index (χ4v) is 2.01. The maximum absolute atomic E-state index is 12.6. The zero-order chi connectivity index (χ0) is 17.7. The highest BCUT2D eigenvalue weighted by atomic mass is 35.5. The molecule has 1 amide bonds. The summed E-state index contributed by atoms with van der Waals surface area (Å²) in [5.74, 6) is -0.647. The third kappa shape index (κ3) is 4.64. The van der Waals surface area contributed by atoms with Gasteiger partial charge in [-0.15, -0.1) is 0 Å². The lowest BCUT2D eigenvalue weighted by Gasteiger charge is -2.10. The fourth-order valence-electron chi connectivity index (χ4n) is 1.79. The molecule has 1 N–H and O–H groups in total. The molecule has 0 bridgehead atoms. The van der Waals surface area contributed by atoms with Gasteiger partial charge in [-0.25, -0.2) is 0 Å². The number of nitrogens with one attached hydrogen (secondary N) is 1. The van der Waals surface area contributed by atoms with E-state index in [-0.39, 0.29) is 16.3 Å². The molecule has 0 aliphatic carbocycles. The van der Waals surface area contributed by atoms with Crippen LogP contribution in [0.25, 0.3) is 0 Å². The summed E-state index contributed by atoms with van der Waals surface area (Å²) in [6.07, 6.45) is -4.49. The van der Waals surface area contributed by atoms with Gasteiger partial charge in [0.25, 0.3) is 5.91 Å². The number of amides is 1.